The number of ketones is 2. The summed E-state index contributed by atoms with van der Waals surface area (Å²) in [7, 11) is 0. The molecule has 188 valence electrons. The van der Waals surface area contributed by atoms with Gasteiger partial charge in [-0.15, -0.1) is 23.2 Å². The highest BCUT2D eigenvalue weighted by Gasteiger charge is 2.76. The predicted octanol–water partition coefficient (Wildman–Crippen LogP) is 4.87. The predicted molar refractivity (Wildman–Crippen MR) is 130 cm³/mol. The van der Waals surface area contributed by atoms with Gasteiger partial charge in [-0.25, -0.2) is 4.79 Å². The van der Waals surface area contributed by atoms with Crippen molar-refractivity contribution in [2.45, 2.75) is 63.0 Å². The molecule has 3 fully saturated rings. The Kier molecular flexibility index (Phi) is 5.71. The Balaban J connectivity index is 1.61. The van der Waals surface area contributed by atoms with Gasteiger partial charge in [0.05, 0.1) is 23.1 Å². The lowest BCUT2D eigenvalue weighted by Gasteiger charge is -2.64. The molecule has 8 atom stereocenters. The van der Waals surface area contributed by atoms with Crippen LogP contribution in [0.3, 0.4) is 0 Å². The highest BCUT2D eigenvalue weighted by atomic mass is 35.5. The van der Waals surface area contributed by atoms with Gasteiger partial charge in [-0.1, -0.05) is 32.4 Å². The van der Waals surface area contributed by atoms with Crippen LogP contribution in [-0.4, -0.2) is 45.1 Å². The number of ether oxygens (including phenoxy) is 1. The molecule has 4 aliphatic carbocycles. The molecule has 0 saturated heterocycles. The average molecular weight is 521 g/mol. The molecule has 3 saturated carbocycles. The second-order valence-electron chi connectivity index (χ2n) is 11.1. The summed E-state index contributed by atoms with van der Waals surface area (Å²) >= 11 is 13.6. The summed E-state index contributed by atoms with van der Waals surface area (Å²) in [6.45, 7) is 5.81. The molecule has 0 aliphatic heterocycles. The van der Waals surface area contributed by atoms with Gasteiger partial charge in [0.25, 0.3) is 0 Å². The maximum absolute atomic E-state index is 13.6. The minimum Gasteiger partial charge on any atom is -0.457 e. The number of allylic oxidation sites excluding steroid dienone is 4. The van der Waals surface area contributed by atoms with Gasteiger partial charge >= 0.3 is 5.97 Å². The fourth-order valence-electron chi connectivity index (χ4n) is 8.09. The molecule has 0 spiro atoms. The lowest BCUT2D eigenvalue weighted by molar-refractivity contribution is -0.177. The molecule has 5 rings (SSSR count). The largest absolute Gasteiger partial charge is 0.457 e. The van der Waals surface area contributed by atoms with Crippen molar-refractivity contribution in [3.05, 3.63) is 48.0 Å². The Morgan fingerprint density at radius 2 is 2.03 bits per heavy atom. The number of alkyl halides is 2. The molecule has 0 aromatic carbocycles. The van der Waals surface area contributed by atoms with Crippen molar-refractivity contribution >= 4 is 40.7 Å². The van der Waals surface area contributed by atoms with E-state index < -0.39 is 33.4 Å². The first-order valence-electron chi connectivity index (χ1n) is 12.1. The zero-order valence-corrected chi connectivity index (χ0v) is 21.6. The van der Waals surface area contributed by atoms with E-state index in [2.05, 4.69) is 0 Å². The van der Waals surface area contributed by atoms with Crippen molar-refractivity contribution in [3.63, 3.8) is 0 Å². The van der Waals surface area contributed by atoms with E-state index in [0.717, 1.165) is 5.57 Å². The minimum atomic E-state index is -1.53. The Hall–Kier alpha value is -1.89. The molecule has 1 aromatic heterocycles. The fraction of sp³-hybridized carbons (Fsp3) is 0.593. The van der Waals surface area contributed by atoms with Crippen molar-refractivity contribution in [2.24, 2.45) is 28.6 Å². The van der Waals surface area contributed by atoms with Gasteiger partial charge < -0.3 is 14.3 Å². The summed E-state index contributed by atoms with van der Waals surface area (Å²) in [6.07, 6.45) is 7.44. The molecule has 4 aliphatic rings. The Morgan fingerprint density at radius 1 is 1.29 bits per heavy atom. The molecule has 0 radical (unpaired) electrons. The molecule has 1 aromatic rings. The molecule has 0 bridgehead atoms. The van der Waals surface area contributed by atoms with Crippen LogP contribution >= 0.6 is 23.2 Å². The Labute approximate surface area is 214 Å². The smallest absolute Gasteiger partial charge is 0.375 e. The van der Waals surface area contributed by atoms with Crippen molar-refractivity contribution < 1.29 is 28.6 Å². The number of halogens is 2. The number of esters is 1. The minimum absolute atomic E-state index is 0.00557. The van der Waals surface area contributed by atoms with E-state index in [9.17, 15) is 19.5 Å². The average Bonchev–Trinajstić information content (AvgIpc) is 3.42. The lowest BCUT2D eigenvalue weighted by Crippen LogP contribution is -2.69. The van der Waals surface area contributed by atoms with Crippen molar-refractivity contribution in [1.29, 1.82) is 0 Å². The number of hydrogen-bond donors (Lipinski definition) is 1. The summed E-state index contributed by atoms with van der Waals surface area (Å²) in [5.41, 5.74) is -2.20. The molecule has 0 amide bonds. The van der Waals surface area contributed by atoms with Gasteiger partial charge in [0, 0.05) is 16.7 Å². The third kappa shape index (κ3) is 3.02. The van der Waals surface area contributed by atoms with Crippen LogP contribution in [0.1, 0.15) is 57.0 Å². The third-order valence-electron chi connectivity index (χ3n) is 9.69. The number of rotatable bonds is 4. The highest BCUT2D eigenvalue weighted by molar-refractivity contribution is 6.29. The van der Waals surface area contributed by atoms with E-state index in [1.165, 1.54) is 18.4 Å². The van der Waals surface area contributed by atoms with Gasteiger partial charge in [0.15, 0.2) is 17.2 Å². The zero-order chi connectivity index (χ0) is 25.4. The second kappa shape index (κ2) is 8.06. The van der Waals surface area contributed by atoms with Crippen LogP contribution in [0.15, 0.2) is 46.6 Å². The van der Waals surface area contributed by atoms with Crippen LogP contribution in [0.5, 0.6) is 0 Å². The zero-order valence-electron chi connectivity index (χ0n) is 20.1. The number of hydrogen-bond acceptors (Lipinski definition) is 6. The molecule has 1 unspecified atom stereocenters. The van der Waals surface area contributed by atoms with E-state index in [1.807, 2.05) is 26.8 Å². The molecule has 35 heavy (non-hydrogen) atoms. The summed E-state index contributed by atoms with van der Waals surface area (Å²) < 4.78 is 11.3. The quantitative estimate of drug-likeness (QED) is 0.449. The molecule has 6 nitrogen and oxygen atoms in total. The molecular formula is C27H30Cl2O6. The maximum Gasteiger partial charge on any atom is 0.375 e. The van der Waals surface area contributed by atoms with Gasteiger partial charge in [-0.05, 0) is 61.8 Å². The van der Waals surface area contributed by atoms with Crippen molar-refractivity contribution in [3.8, 4) is 0 Å². The SMILES string of the molecule is C[C@@H]1C[C@H]2[C@@H]3CCC4=CC(=O)C=CC4(C)[C@@]3(Cl)[C@@H](O)C[C@]2(C)[C@@]1(OC(=O)c1ccco1)C(=O)CCl. The van der Waals surface area contributed by atoms with Gasteiger partial charge in [0.1, 0.15) is 0 Å². The van der Waals surface area contributed by atoms with E-state index in [1.54, 1.807) is 12.1 Å². The number of furan rings is 1. The van der Waals surface area contributed by atoms with E-state index in [4.69, 9.17) is 32.4 Å². The standard InChI is InChI=1S/C27H30Cl2O6/c1-15-11-19-18-7-6-16-12-17(30)8-9-24(16,2)26(18,29)21(31)13-25(19,3)27(15,22(32)14-28)35-23(33)20-5-4-10-34-20/h4-5,8-10,12,15,18-19,21,31H,6-7,11,13-14H2,1-3H3/t15-,18+,19+,21+,24?,25+,26+,27+/m1/s1. The van der Waals surface area contributed by atoms with Crippen LogP contribution in [-0.2, 0) is 14.3 Å². The first kappa shape index (κ1) is 24.8. The second-order valence-corrected chi connectivity index (χ2v) is 12.0. The lowest BCUT2D eigenvalue weighted by atomic mass is 9.45. The molecule has 1 heterocycles. The number of aliphatic hydroxyl groups is 1. The number of aliphatic hydroxyl groups excluding tert-OH is 1. The first-order valence-corrected chi connectivity index (χ1v) is 13.0. The van der Waals surface area contributed by atoms with Crippen LogP contribution in [0, 0.1) is 28.6 Å². The molecule has 1 N–H and O–H groups in total. The van der Waals surface area contributed by atoms with Gasteiger partial charge in [-0.2, -0.15) is 0 Å². The fourth-order valence-corrected chi connectivity index (χ4v) is 8.81. The molecular weight excluding hydrogens is 491 g/mol. The summed E-state index contributed by atoms with van der Waals surface area (Å²) in [5.74, 6) is -2.12. The number of Topliss-reactive ketones (excluding diaryl/α,β-unsaturated/α-hetero) is 1. The summed E-state index contributed by atoms with van der Waals surface area (Å²) in [5, 5.41) is 11.8. The monoisotopic (exact) mass is 520 g/mol. The summed E-state index contributed by atoms with van der Waals surface area (Å²) in [4.78, 5) is 37.7. The number of carbonyl (C=O) groups excluding carboxylic acids is 3. The summed E-state index contributed by atoms with van der Waals surface area (Å²) in [6, 6.07) is 3.07. The van der Waals surface area contributed by atoms with Crippen LogP contribution in [0.4, 0.5) is 0 Å². The van der Waals surface area contributed by atoms with Crippen LogP contribution < -0.4 is 0 Å². The Bertz CT molecular complexity index is 1140. The van der Waals surface area contributed by atoms with Crippen molar-refractivity contribution in [2.75, 3.05) is 5.88 Å². The number of carbonyl (C=O) groups is 3. The van der Waals surface area contributed by atoms with E-state index >= 15 is 0 Å². The third-order valence-corrected chi connectivity index (χ3v) is 10.9. The normalized spacial score (nSPS) is 44.2. The molecule has 8 heteroatoms. The Morgan fingerprint density at radius 3 is 2.69 bits per heavy atom. The van der Waals surface area contributed by atoms with E-state index in [0.29, 0.717) is 19.3 Å². The maximum atomic E-state index is 13.6. The van der Waals surface area contributed by atoms with Crippen molar-refractivity contribution in [1.82, 2.24) is 0 Å². The van der Waals surface area contributed by atoms with Crippen LogP contribution in [0.25, 0.3) is 0 Å². The van der Waals surface area contributed by atoms with Gasteiger partial charge in [-0.3, -0.25) is 9.59 Å². The van der Waals surface area contributed by atoms with Crippen LogP contribution in [0.2, 0.25) is 0 Å². The topological polar surface area (TPSA) is 93.8 Å². The highest BCUT2D eigenvalue weighted by Crippen LogP contribution is 2.72. The van der Waals surface area contributed by atoms with E-state index in [-0.39, 0.29) is 47.4 Å². The van der Waals surface area contributed by atoms with Gasteiger partial charge in [0.2, 0.25) is 5.76 Å². The number of fused-ring (bicyclic) bond motifs is 5. The first-order chi connectivity index (χ1) is 16.5.